The maximum atomic E-state index is 13.0. The molecule has 0 unspecified atom stereocenters. The first kappa shape index (κ1) is 18.1. The number of carbonyl (C=O) groups excluding carboxylic acids is 2. The van der Waals surface area contributed by atoms with Crippen molar-refractivity contribution >= 4 is 23.2 Å². The van der Waals surface area contributed by atoms with Crippen molar-refractivity contribution in [3.8, 4) is 0 Å². The molecule has 4 heterocycles. The van der Waals surface area contributed by atoms with Crippen LogP contribution < -0.4 is 0 Å². The molecule has 0 saturated carbocycles. The summed E-state index contributed by atoms with van der Waals surface area (Å²) < 4.78 is 0. The van der Waals surface area contributed by atoms with Gasteiger partial charge < -0.3 is 9.80 Å². The van der Waals surface area contributed by atoms with Crippen molar-refractivity contribution in [1.29, 1.82) is 0 Å². The molecule has 142 valence electrons. The quantitative estimate of drug-likeness (QED) is 0.798. The SMILES string of the molecule is CC(=O)N1CCc2nc([C@H]3CCCCN3C(=O)c3csc(C)c3)ncc2C1. The lowest BCUT2D eigenvalue weighted by Crippen LogP contribution is -2.40. The van der Waals surface area contributed by atoms with Crippen LogP contribution >= 0.6 is 11.3 Å². The number of likely N-dealkylation sites (tertiary alicyclic amines) is 1. The van der Waals surface area contributed by atoms with Gasteiger partial charge in [0.2, 0.25) is 5.91 Å². The van der Waals surface area contributed by atoms with Crippen LogP contribution in [-0.2, 0) is 17.8 Å². The average Bonchev–Trinajstić information content (AvgIpc) is 3.13. The maximum Gasteiger partial charge on any atom is 0.255 e. The largest absolute Gasteiger partial charge is 0.338 e. The highest BCUT2D eigenvalue weighted by atomic mass is 32.1. The van der Waals surface area contributed by atoms with Crippen LogP contribution in [0.4, 0.5) is 0 Å². The summed E-state index contributed by atoms with van der Waals surface area (Å²) in [6, 6.07) is 1.89. The number of fused-ring (bicyclic) bond motifs is 1. The molecule has 0 bridgehead atoms. The Morgan fingerprint density at radius 3 is 2.85 bits per heavy atom. The fourth-order valence-electron chi connectivity index (χ4n) is 3.93. The molecule has 1 saturated heterocycles. The Hall–Kier alpha value is -2.28. The fourth-order valence-corrected chi connectivity index (χ4v) is 4.60. The van der Waals surface area contributed by atoms with Gasteiger partial charge in [-0.3, -0.25) is 9.59 Å². The van der Waals surface area contributed by atoms with Gasteiger partial charge in [-0.1, -0.05) is 0 Å². The van der Waals surface area contributed by atoms with Gasteiger partial charge in [0.25, 0.3) is 5.91 Å². The minimum absolute atomic E-state index is 0.0670. The number of nitrogens with zero attached hydrogens (tertiary/aromatic N) is 4. The van der Waals surface area contributed by atoms with Crippen LogP contribution in [0.1, 0.15) is 64.5 Å². The molecule has 2 aromatic rings. The summed E-state index contributed by atoms with van der Waals surface area (Å²) in [5, 5.41) is 1.94. The lowest BCUT2D eigenvalue weighted by atomic mass is 9.99. The zero-order chi connectivity index (χ0) is 19.0. The predicted octanol–water partition coefficient (Wildman–Crippen LogP) is 3.12. The molecule has 7 heteroatoms. The Morgan fingerprint density at radius 1 is 1.26 bits per heavy atom. The van der Waals surface area contributed by atoms with Crippen molar-refractivity contribution in [2.75, 3.05) is 13.1 Å². The van der Waals surface area contributed by atoms with Crippen LogP contribution in [0.25, 0.3) is 0 Å². The zero-order valence-electron chi connectivity index (χ0n) is 15.8. The monoisotopic (exact) mass is 384 g/mol. The van der Waals surface area contributed by atoms with Gasteiger partial charge in [0, 0.05) is 55.0 Å². The lowest BCUT2D eigenvalue weighted by Gasteiger charge is -2.35. The van der Waals surface area contributed by atoms with Gasteiger partial charge >= 0.3 is 0 Å². The van der Waals surface area contributed by atoms with E-state index >= 15 is 0 Å². The Kier molecular flexibility index (Phi) is 4.95. The van der Waals surface area contributed by atoms with Gasteiger partial charge in [0.1, 0.15) is 0 Å². The number of aromatic nitrogens is 2. The average molecular weight is 385 g/mol. The molecule has 0 spiro atoms. The van der Waals surface area contributed by atoms with Gasteiger partial charge in [-0.25, -0.2) is 9.97 Å². The second-order valence-electron chi connectivity index (χ2n) is 7.35. The Bertz CT molecular complexity index is 879. The fraction of sp³-hybridized carbons (Fsp3) is 0.500. The van der Waals surface area contributed by atoms with E-state index in [1.54, 1.807) is 18.3 Å². The molecule has 2 amide bonds. The number of amides is 2. The van der Waals surface area contributed by atoms with Crippen molar-refractivity contribution in [1.82, 2.24) is 19.8 Å². The Morgan fingerprint density at radius 2 is 2.11 bits per heavy atom. The minimum Gasteiger partial charge on any atom is -0.338 e. The van der Waals surface area contributed by atoms with E-state index in [0.29, 0.717) is 13.1 Å². The first-order chi connectivity index (χ1) is 13.0. The molecule has 0 radical (unpaired) electrons. The van der Waals surface area contributed by atoms with Crippen molar-refractivity contribution in [2.24, 2.45) is 0 Å². The zero-order valence-corrected chi connectivity index (χ0v) is 16.6. The summed E-state index contributed by atoms with van der Waals surface area (Å²) in [6.07, 6.45) is 5.58. The Labute approximate surface area is 163 Å². The van der Waals surface area contributed by atoms with E-state index in [2.05, 4.69) is 4.98 Å². The van der Waals surface area contributed by atoms with Gasteiger partial charge in [0.05, 0.1) is 17.3 Å². The number of hydrogen-bond donors (Lipinski definition) is 0. The van der Waals surface area contributed by atoms with Crippen LogP contribution in [0.5, 0.6) is 0 Å². The van der Waals surface area contributed by atoms with Crippen LogP contribution in [0.15, 0.2) is 17.6 Å². The second kappa shape index (κ2) is 7.38. The highest BCUT2D eigenvalue weighted by molar-refractivity contribution is 7.10. The van der Waals surface area contributed by atoms with Crippen molar-refractivity contribution in [3.05, 3.63) is 45.2 Å². The summed E-state index contributed by atoms with van der Waals surface area (Å²) in [4.78, 5) is 39.0. The van der Waals surface area contributed by atoms with E-state index < -0.39 is 0 Å². The number of carbonyl (C=O) groups is 2. The third-order valence-corrected chi connectivity index (χ3v) is 6.30. The molecule has 2 aliphatic heterocycles. The number of aryl methyl sites for hydroxylation is 1. The van der Waals surface area contributed by atoms with Crippen LogP contribution in [0.2, 0.25) is 0 Å². The van der Waals surface area contributed by atoms with Crippen molar-refractivity contribution in [2.45, 2.75) is 52.1 Å². The summed E-state index contributed by atoms with van der Waals surface area (Å²) in [5.74, 6) is 0.901. The van der Waals surface area contributed by atoms with E-state index in [1.807, 2.05) is 34.4 Å². The summed E-state index contributed by atoms with van der Waals surface area (Å²) in [5.41, 5.74) is 2.80. The summed E-state index contributed by atoms with van der Waals surface area (Å²) >= 11 is 1.60. The van der Waals surface area contributed by atoms with Crippen LogP contribution in [-0.4, -0.2) is 44.7 Å². The molecule has 27 heavy (non-hydrogen) atoms. The molecule has 0 N–H and O–H groups in total. The summed E-state index contributed by atoms with van der Waals surface area (Å²) in [6.45, 7) is 5.63. The maximum absolute atomic E-state index is 13.0. The van der Waals surface area contributed by atoms with Crippen LogP contribution in [0, 0.1) is 6.92 Å². The number of piperidine rings is 1. The Balaban J connectivity index is 1.59. The van der Waals surface area contributed by atoms with E-state index in [4.69, 9.17) is 4.98 Å². The molecule has 0 aliphatic carbocycles. The van der Waals surface area contributed by atoms with Crippen molar-refractivity contribution < 1.29 is 9.59 Å². The highest BCUT2D eigenvalue weighted by Gasteiger charge is 2.32. The molecular weight excluding hydrogens is 360 g/mol. The molecule has 1 atom stereocenters. The standard InChI is InChI=1S/C20H24N4O2S/c1-13-9-15(12-27-13)20(26)24-7-4-3-5-18(24)19-21-10-16-11-23(14(2)25)8-6-17(16)22-19/h9-10,12,18H,3-8,11H2,1-2H3/t18-/m1/s1. The van der Waals surface area contributed by atoms with Crippen molar-refractivity contribution in [3.63, 3.8) is 0 Å². The third kappa shape index (κ3) is 3.60. The third-order valence-electron chi connectivity index (χ3n) is 5.44. The number of thiophene rings is 1. The molecular formula is C20H24N4O2S. The second-order valence-corrected chi connectivity index (χ2v) is 8.46. The molecule has 0 aromatic carbocycles. The predicted molar refractivity (Wildman–Crippen MR) is 104 cm³/mol. The molecule has 4 rings (SSSR count). The normalized spacial score (nSPS) is 19.7. The van der Waals surface area contributed by atoms with E-state index in [9.17, 15) is 9.59 Å². The smallest absolute Gasteiger partial charge is 0.255 e. The van der Waals surface area contributed by atoms with Gasteiger partial charge in [-0.05, 0) is 32.3 Å². The topological polar surface area (TPSA) is 66.4 Å². The lowest BCUT2D eigenvalue weighted by molar-refractivity contribution is -0.129. The molecule has 2 aliphatic rings. The first-order valence-corrected chi connectivity index (χ1v) is 10.4. The summed E-state index contributed by atoms with van der Waals surface area (Å²) in [7, 11) is 0. The van der Waals surface area contributed by atoms with E-state index in [1.165, 1.54) is 0 Å². The van der Waals surface area contributed by atoms with E-state index in [-0.39, 0.29) is 17.9 Å². The van der Waals surface area contributed by atoms with E-state index in [0.717, 1.165) is 59.8 Å². The molecule has 1 fully saturated rings. The van der Waals surface area contributed by atoms with Gasteiger partial charge in [0.15, 0.2) is 5.82 Å². The van der Waals surface area contributed by atoms with Gasteiger partial charge in [-0.2, -0.15) is 0 Å². The number of rotatable bonds is 2. The molecule has 2 aromatic heterocycles. The first-order valence-electron chi connectivity index (χ1n) is 9.49. The number of hydrogen-bond acceptors (Lipinski definition) is 5. The van der Waals surface area contributed by atoms with Gasteiger partial charge in [-0.15, -0.1) is 11.3 Å². The molecule has 6 nitrogen and oxygen atoms in total. The minimum atomic E-state index is -0.0670. The van der Waals surface area contributed by atoms with Crippen LogP contribution in [0.3, 0.4) is 0 Å². The highest BCUT2D eigenvalue weighted by Crippen LogP contribution is 2.32.